The lowest BCUT2D eigenvalue weighted by Gasteiger charge is -2.17. The summed E-state index contributed by atoms with van der Waals surface area (Å²) in [6.07, 6.45) is -1.24. The van der Waals surface area contributed by atoms with Crippen LogP contribution in [0.3, 0.4) is 0 Å². The van der Waals surface area contributed by atoms with Gasteiger partial charge in [-0.15, -0.1) is 0 Å². The van der Waals surface area contributed by atoms with Crippen molar-refractivity contribution < 1.29 is 31.5 Å². The summed E-state index contributed by atoms with van der Waals surface area (Å²) in [5.74, 6) is -5.59. The van der Waals surface area contributed by atoms with Crippen LogP contribution in [0.2, 0.25) is 0 Å². The number of halogens is 5. The monoisotopic (exact) mass is 470 g/mol. The van der Waals surface area contributed by atoms with E-state index in [4.69, 9.17) is 5.73 Å². The Kier molecular flexibility index (Phi) is 5.29. The van der Waals surface area contributed by atoms with Gasteiger partial charge < -0.3 is 11.1 Å². The van der Waals surface area contributed by atoms with E-state index in [-0.39, 0.29) is 43.1 Å². The van der Waals surface area contributed by atoms with Gasteiger partial charge in [0.15, 0.2) is 0 Å². The number of nitrogens with two attached hydrogens (primary N) is 1. The molecule has 3 N–H and O–H groups in total. The molecule has 0 bridgehead atoms. The molecule has 1 aromatic heterocycles. The van der Waals surface area contributed by atoms with Gasteiger partial charge in [0.1, 0.15) is 16.7 Å². The maximum atomic E-state index is 13.9. The van der Waals surface area contributed by atoms with Crippen molar-refractivity contribution in [2.45, 2.75) is 51.3 Å². The van der Waals surface area contributed by atoms with Crippen LogP contribution in [0.15, 0.2) is 36.1 Å². The molecule has 178 valence electrons. The summed E-state index contributed by atoms with van der Waals surface area (Å²) in [5, 5.41) is 6.36. The molecule has 0 radical (unpaired) electrons. The van der Waals surface area contributed by atoms with Crippen LogP contribution in [-0.2, 0) is 23.9 Å². The molecule has 3 atom stereocenters. The van der Waals surface area contributed by atoms with Crippen molar-refractivity contribution in [3.8, 4) is 0 Å². The predicted molar refractivity (Wildman–Crippen MR) is 108 cm³/mol. The van der Waals surface area contributed by atoms with E-state index in [1.807, 2.05) is 0 Å². The van der Waals surface area contributed by atoms with Crippen LogP contribution < -0.4 is 11.1 Å². The number of carbonyl (C=O) groups excluding carboxylic acids is 2. The van der Waals surface area contributed by atoms with E-state index >= 15 is 0 Å². The molecule has 0 aliphatic heterocycles. The number of aromatic nitrogens is 2. The van der Waals surface area contributed by atoms with Crippen molar-refractivity contribution in [3.05, 3.63) is 53.0 Å². The highest BCUT2D eigenvalue weighted by molar-refractivity contribution is 5.98. The Morgan fingerprint density at radius 2 is 2.06 bits per heavy atom. The van der Waals surface area contributed by atoms with E-state index in [2.05, 4.69) is 17.0 Å². The second-order valence-corrected chi connectivity index (χ2v) is 8.82. The van der Waals surface area contributed by atoms with E-state index in [1.54, 1.807) is 6.08 Å². The van der Waals surface area contributed by atoms with E-state index in [0.717, 1.165) is 4.68 Å². The molecule has 2 amide bonds. The van der Waals surface area contributed by atoms with E-state index in [1.165, 1.54) is 19.1 Å². The lowest BCUT2D eigenvalue weighted by atomic mass is 9.96. The van der Waals surface area contributed by atoms with Gasteiger partial charge in [-0.1, -0.05) is 19.6 Å². The standard InChI is InChI=1S/C22H23F5N4O2/c1-3-15-16(22(25,26)27)17(31(30-15)10-12-6-7-20(23,24)8-12)18(32)29-13-4-5-14-11(2)21(14,9-13)19(28)33/h4-5,9,12,14H,2-3,6-8,10H2,1H3,(H2,28,33)(H,29,32). The fourth-order valence-electron chi connectivity index (χ4n) is 4.89. The molecular weight excluding hydrogens is 447 g/mol. The molecule has 3 unspecified atom stereocenters. The maximum Gasteiger partial charge on any atom is 0.420 e. The zero-order valence-electron chi connectivity index (χ0n) is 17.8. The summed E-state index contributed by atoms with van der Waals surface area (Å²) in [6, 6.07) is 0. The number of hydrogen-bond donors (Lipinski definition) is 2. The molecule has 0 aromatic carbocycles. The van der Waals surface area contributed by atoms with Gasteiger partial charge in [-0.2, -0.15) is 18.3 Å². The third-order valence-electron chi connectivity index (χ3n) is 6.63. The first-order chi connectivity index (χ1) is 15.3. The quantitative estimate of drug-likeness (QED) is 0.490. The number of hydrogen-bond acceptors (Lipinski definition) is 3. The van der Waals surface area contributed by atoms with Crippen LogP contribution >= 0.6 is 0 Å². The zero-order chi connectivity index (χ0) is 24.3. The average molecular weight is 470 g/mol. The number of nitrogens with one attached hydrogen (secondary N) is 1. The highest BCUT2D eigenvalue weighted by Crippen LogP contribution is 2.61. The van der Waals surface area contributed by atoms with Crippen molar-refractivity contribution >= 4 is 11.8 Å². The van der Waals surface area contributed by atoms with Gasteiger partial charge in [0.05, 0.1) is 5.69 Å². The fourth-order valence-corrected chi connectivity index (χ4v) is 4.89. The molecule has 6 nitrogen and oxygen atoms in total. The highest BCUT2D eigenvalue weighted by atomic mass is 19.4. The van der Waals surface area contributed by atoms with E-state index in [0.29, 0.717) is 5.57 Å². The fraction of sp³-hybridized carbons (Fsp3) is 0.500. The topological polar surface area (TPSA) is 90.0 Å². The Labute approximate surface area is 186 Å². The lowest BCUT2D eigenvalue weighted by Crippen LogP contribution is -2.32. The third kappa shape index (κ3) is 3.87. The Morgan fingerprint density at radius 1 is 1.36 bits per heavy atom. The summed E-state index contributed by atoms with van der Waals surface area (Å²) < 4.78 is 69.9. The van der Waals surface area contributed by atoms with E-state index < -0.39 is 52.9 Å². The summed E-state index contributed by atoms with van der Waals surface area (Å²) in [6.45, 7) is 5.02. The van der Waals surface area contributed by atoms with Crippen molar-refractivity contribution in [3.63, 3.8) is 0 Å². The molecular formula is C22H23F5N4O2. The maximum absolute atomic E-state index is 13.9. The second-order valence-electron chi connectivity index (χ2n) is 8.82. The van der Waals surface area contributed by atoms with Gasteiger partial charge >= 0.3 is 6.18 Å². The molecule has 3 aliphatic carbocycles. The minimum absolute atomic E-state index is 0.0972. The zero-order valence-corrected chi connectivity index (χ0v) is 17.8. The molecule has 0 saturated heterocycles. The van der Waals surface area contributed by atoms with Gasteiger partial charge in [-0.05, 0) is 36.5 Å². The number of nitrogens with zero attached hydrogens (tertiary/aromatic N) is 2. The molecule has 33 heavy (non-hydrogen) atoms. The third-order valence-corrected chi connectivity index (χ3v) is 6.63. The highest BCUT2D eigenvalue weighted by Gasteiger charge is 2.61. The van der Waals surface area contributed by atoms with Gasteiger partial charge in [0.25, 0.3) is 5.91 Å². The largest absolute Gasteiger partial charge is 0.420 e. The first kappa shape index (κ1) is 23.2. The van der Waals surface area contributed by atoms with Gasteiger partial charge in [-0.25, -0.2) is 8.78 Å². The van der Waals surface area contributed by atoms with Gasteiger partial charge in [0, 0.05) is 31.0 Å². The van der Waals surface area contributed by atoms with Crippen LogP contribution in [0.4, 0.5) is 22.0 Å². The lowest BCUT2D eigenvalue weighted by molar-refractivity contribution is -0.138. The van der Waals surface area contributed by atoms with Crippen LogP contribution in [0.5, 0.6) is 0 Å². The first-order valence-electron chi connectivity index (χ1n) is 10.6. The summed E-state index contributed by atoms with van der Waals surface area (Å²) in [7, 11) is 0. The molecule has 2 fully saturated rings. The molecule has 0 spiro atoms. The normalized spacial score (nSPS) is 27.8. The van der Waals surface area contributed by atoms with Gasteiger partial charge in [-0.3, -0.25) is 14.3 Å². The number of aryl methyl sites for hydroxylation is 1. The number of allylic oxidation sites excluding steroid dienone is 2. The van der Waals surface area contributed by atoms with Crippen LogP contribution in [0.25, 0.3) is 0 Å². The molecule has 3 aliphatic rings. The number of fused-ring (bicyclic) bond motifs is 1. The number of carbonyl (C=O) groups is 2. The van der Waals surface area contributed by atoms with Crippen molar-refractivity contribution in [2.24, 2.45) is 23.0 Å². The van der Waals surface area contributed by atoms with Crippen LogP contribution in [0.1, 0.15) is 47.9 Å². The molecule has 1 aromatic rings. The molecule has 2 saturated carbocycles. The number of amides is 2. The first-order valence-corrected chi connectivity index (χ1v) is 10.6. The summed E-state index contributed by atoms with van der Waals surface area (Å²) >= 11 is 0. The predicted octanol–water partition coefficient (Wildman–Crippen LogP) is 3.74. The SMILES string of the molecule is C=C1C2C=CC(NC(=O)c3c(C(F)(F)F)c(CC)nn3CC3CCC(F)(F)C3)=CC12C(N)=O. The van der Waals surface area contributed by atoms with Crippen LogP contribution in [-0.4, -0.2) is 27.5 Å². The Bertz CT molecular complexity index is 1100. The van der Waals surface area contributed by atoms with Crippen molar-refractivity contribution in [2.75, 3.05) is 0 Å². The summed E-state index contributed by atoms with van der Waals surface area (Å²) in [5.41, 5.74) is 2.65. The number of alkyl halides is 5. The minimum atomic E-state index is -4.88. The second kappa shape index (κ2) is 7.53. The molecule has 4 rings (SSSR count). The Balaban J connectivity index is 1.69. The minimum Gasteiger partial charge on any atom is -0.369 e. The Hall–Kier alpha value is -2.98. The van der Waals surface area contributed by atoms with Gasteiger partial charge in [0.2, 0.25) is 11.8 Å². The summed E-state index contributed by atoms with van der Waals surface area (Å²) in [4.78, 5) is 25.0. The average Bonchev–Trinajstić information content (AvgIpc) is 2.98. The molecule has 11 heteroatoms. The number of primary amides is 1. The smallest absolute Gasteiger partial charge is 0.369 e. The number of rotatable bonds is 6. The van der Waals surface area contributed by atoms with E-state index in [9.17, 15) is 31.5 Å². The Morgan fingerprint density at radius 3 is 2.61 bits per heavy atom. The van der Waals surface area contributed by atoms with Crippen LogP contribution in [0, 0.1) is 17.3 Å². The van der Waals surface area contributed by atoms with Crippen molar-refractivity contribution in [1.82, 2.24) is 15.1 Å². The molecule has 1 heterocycles. The van der Waals surface area contributed by atoms with Crippen molar-refractivity contribution in [1.29, 1.82) is 0 Å².